The number of carbonyl (C=O) groups is 2. The number of aryl methyl sites for hydroxylation is 3. The third-order valence-corrected chi connectivity index (χ3v) is 6.13. The molecule has 1 unspecified atom stereocenters. The summed E-state index contributed by atoms with van der Waals surface area (Å²) in [5.41, 5.74) is 4.00. The first-order valence-corrected chi connectivity index (χ1v) is 12.6. The van der Waals surface area contributed by atoms with Gasteiger partial charge >= 0.3 is 11.9 Å². The molecule has 1 heterocycles. The molecule has 6 heteroatoms. The van der Waals surface area contributed by atoms with Crippen LogP contribution in [-0.4, -0.2) is 36.7 Å². The molecule has 1 N–H and O–H groups in total. The molecule has 35 heavy (non-hydrogen) atoms. The summed E-state index contributed by atoms with van der Waals surface area (Å²) in [5.74, 6) is -0.102. The smallest absolute Gasteiger partial charge is 0.344 e. The van der Waals surface area contributed by atoms with E-state index >= 15 is 0 Å². The van der Waals surface area contributed by atoms with E-state index in [1.54, 1.807) is 6.07 Å². The fourth-order valence-corrected chi connectivity index (χ4v) is 4.14. The fraction of sp³-hybridized carbons (Fsp3) is 0.517. The predicted octanol–water partition coefficient (Wildman–Crippen LogP) is 5.38. The summed E-state index contributed by atoms with van der Waals surface area (Å²) in [6, 6.07) is 13.6. The van der Waals surface area contributed by atoms with E-state index < -0.39 is 17.7 Å². The van der Waals surface area contributed by atoms with E-state index in [2.05, 4.69) is 37.4 Å². The van der Waals surface area contributed by atoms with Crippen molar-refractivity contribution < 1.29 is 23.8 Å². The van der Waals surface area contributed by atoms with Crippen molar-refractivity contribution in [1.29, 1.82) is 0 Å². The highest BCUT2D eigenvalue weighted by molar-refractivity contribution is 5.76. The number of piperidine rings is 1. The SMILES string of the molecule is Cc1ccc(CC[C@@H](OC(=O)C2CCCCN2)c2cccc(OCC(=O)OC(C)(C)C)c2)cc1C. The minimum Gasteiger partial charge on any atom is -0.482 e. The van der Waals surface area contributed by atoms with Crippen LogP contribution in [0.2, 0.25) is 0 Å². The topological polar surface area (TPSA) is 73.9 Å². The van der Waals surface area contributed by atoms with Crippen molar-refractivity contribution in [2.75, 3.05) is 13.2 Å². The summed E-state index contributed by atoms with van der Waals surface area (Å²) < 4.78 is 17.1. The van der Waals surface area contributed by atoms with Gasteiger partial charge in [-0.1, -0.05) is 36.8 Å². The summed E-state index contributed by atoms with van der Waals surface area (Å²) in [6.07, 6.45) is 3.90. The van der Waals surface area contributed by atoms with Crippen molar-refractivity contribution in [2.45, 2.75) is 84.5 Å². The maximum Gasteiger partial charge on any atom is 0.344 e. The highest BCUT2D eigenvalue weighted by Gasteiger charge is 2.26. The van der Waals surface area contributed by atoms with Gasteiger partial charge in [-0.15, -0.1) is 0 Å². The van der Waals surface area contributed by atoms with Crippen LogP contribution < -0.4 is 10.1 Å². The lowest BCUT2D eigenvalue weighted by Crippen LogP contribution is -2.41. The zero-order valence-corrected chi connectivity index (χ0v) is 21.7. The lowest BCUT2D eigenvalue weighted by Gasteiger charge is -2.26. The molecule has 1 aliphatic heterocycles. The predicted molar refractivity (Wildman–Crippen MR) is 136 cm³/mol. The van der Waals surface area contributed by atoms with Crippen molar-refractivity contribution in [3.8, 4) is 5.75 Å². The number of hydrogen-bond donors (Lipinski definition) is 1. The maximum absolute atomic E-state index is 12.9. The molecular weight excluding hydrogens is 442 g/mol. The van der Waals surface area contributed by atoms with Gasteiger partial charge in [-0.05, 0) is 101 Å². The molecule has 0 saturated carbocycles. The first-order chi connectivity index (χ1) is 16.6. The van der Waals surface area contributed by atoms with Crippen LogP contribution in [0.25, 0.3) is 0 Å². The van der Waals surface area contributed by atoms with Crippen molar-refractivity contribution in [3.63, 3.8) is 0 Å². The quantitative estimate of drug-likeness (QED) is 0.485. The Hall–Kier alpha value is -2.86. The Balaban J connectivity index is 1.72. The van der Waals surface area contributed by atoms with Crippen LogP contribution in [0.4, 0.5) is 0 Å². The minimum atomic E-state index is -0.566. The van der Waals surface area contributed by atoms with Crippen LogP contribution in [0.15, 0.2) is 42.5 Å². The number of carbonyl (C=O) groups excluding carboxylic acids is 2. The van der Waals surface area contributed by atoms with Gasteiger partial charge < -0.3 is 19.5 Å². The molecule has 0 radical (unpaired) electrons. The molecule has 3 rings (SSSR count). The summed E-state index contributed by atoms with van der Waals surface area (Å²) >= 11 is 0. The molecule has 0 spiro atoms. The Bertz CT molecular complexity index is 1000. The normalized spacial score (nSPS) is 16.9. The second-order valence-corrected chi connectivity index (χ2v) is 10.3. The van der Waals surface area contributed by atoms with Gasteiger partial charge in [0, 0.05) is 0 Å². The Labute approximate surface area is 209 Å². The molecule has 2 aromatic carbocycles. The van der Waals surface area contributed by atoms with E-state index in [0.29, 0.717) is 12.2 Å². The van der Waals surface area contributed by atoms with E-state index in [1.807, 2.05) is 39.0 Å². The fourth-order valence-electron chi connectivity index (χ4n) is 4.14. The Morgan fingerprint density at radius 3 is 2.54 bits per heavy atom. The molecular formula is C29H39NO5. The molecule has 1 saturated heterocycles. The van der Waals surface area contributed by atoms with Gasteiger partial charge in [0.15, 0.2) is 6.61 Å². The van der Waals surface area contributed by atoms with Gasteiger partial charge in [0.25, 0.3) is 0 Å². The number of hydrogen-bond acceptors (Lipinski definition) is 6. The molecule has 2 aromatic rings. The van der Waals surface area contributed by atoms with E-state index in [9.17, 15) is 9.59 Å². The highest BCUT2D eigenvalue weighted by atomic mass is 16.6. The molecule has 0 amide bonds. The molecule has 0 aliphatic carbocycles. The largest absolute Gasteiger partial charge is 0.482 e. The van der Waals surface area contributed by atoms with Crippen LogP contribution in [0.3, 0.4) is 0 Å². The van der Waals surface area contributed by atoms with Crippen LogP contribution in [-0.2, 0) is 25.5 Å². The Morgan fingerprint density at radius 1 is 1.06 bits per heavy atom. The lowest BCUT2D eigenvalue weighted by atomic mass is 9.98. The Morgan fingerprint density at radius 2 is 1.86 bits per heavy atom. The molecule has 1 fully saturated rings. The minimum absolute atomic E-state index is 0.181. The molecule has 0 aromatic heterocycles. The number of rotatable bonds is 9. The van der Waals surface area contributed by atoms with Crippen molar-refractivity contribution in [1.82, 2.24) is 5.32 Å². The molecule has 2 atom stereocenters. The maximum atomic E-state index is 12.9. The third-order valence-electron chi connectivity index (χ3n) is 6.13. The molecule has 1 aliphatic rings. The van der Waals surface area contributed by atoms with E-state index in [0.717, 1.165) is 37.8 Å². The van der Waals surface area contributed by atoms with Gasteiger partial charge in [-0.3, -0.25) is 4.79 Å². The highest BCUT2D eigenvalue weighted by Crippen LogP contribution is 2.28. The van der Waals surface area contributed by atoms with Crippen LogP contribution >= 0.6 is 0 Å². The number of ether oxygens (including phenoxy) is 3. The van der Waals surface area contributed by atoms with Crippen LogP contribution in [0.1, 0.15) is 74.8 Å². The average molecular weight is 482 g/mol. The van der Waals surface area contributed by atoms with Crippen molar-refractivity contribution in [2.24, 2.45) is 0 Å². The zero-order valence-electron chi connectivity index (χ0n) is 21.7. The zero-order chi connectivity index (χ0) is 25.4. The first-order valence-electron chi connectivity index (χ1n) is 12.6. The van der Waals surface area contributed by atoms with Gasteiger partial charge in [0.05, 0.1) is 0 Å². The van der Waals surface area contributed by atoms with Gasteiger partial charge in [-0.2, -0.15) is 0 Å². The standard InChI is InChI=1S/C29H39NO5/c1-20-12-13-22(17-21(20)2)14-15-26(34-28(32)25-11-6-7-16-30-25)23-9-8-10-24(18-23)33-19-27(31)35-29(3,4)5/h8-10,12-13,17-18,25-26,30H,6-7,11,14-16,19H2,1-5H3/t25?,26-/m1/s1. The number of benzene rings is 2. The third kappa shape index (κ3) is 8.70. The Kier molecular flexibility index (Phi) is 9.33. The molecule has 6 nitrogen and oxygen atoms in total. The first kappa shape index (κ1) is 26.7. The average Bonchev–Trinajstić information content (AvgIpc) is 2.82. The summed E-state index contributed by atoms with van der Waals surface area (Å²) in [5, 5.41) is 3.28. The van der Waals surface area contributed by atoms with Crippen LogP contribution in [0.5, 0.6) is 5.75 Å². The van der Waals surface area contributed by atoms with Crippen molar-refractivity contribution in [3.05, 3.63) is 64.7 Å². The van der Waals surface area contributed by atoms with E-state index in [1.165, 1.54) is 16.7 Å². The summed E-state index contributed by atoms with van der Waals surface area (Å²) in [6.45, 7) is 10.3. The van der Waals surface area contributed by atoms with E-state index in [-0.39, 0.29) is 18.6 Å². The van der Waals surface area contributed by atoms with Gasteiger partial charge in [0.2, 0.25) is 0 Å². The summed E-state index contributed by atoms with van der Waals surface area (Å²) in [7, 11) is 0. The van der Waals surface area contributed by atoms with Gasteiger partial charge in [0.1, 0.15) is 23.5 Å². The van der Waals surface area contributed by atoms with Crippen molar-refractivity contribution >= 4 is 11.9 Å². The monoisotopic (exact) mass is 481 g/mol. The second kappa shape index (κ2) is 12.2. The molecule has 190 valence electrons. The second-order valence-electron chi connectivity index (χ2n) is 10.3. The van der Waals surface area contributed by atoms with Crippen LogP contribution in [0, 0.1) is 13.8 Å². The number of nitrogens with one attached hydrogen (secondary N) is 1. The van der Waals surface area contributed by atoms with E-state index in [4.69, 9.17) is 14.2 Å². The van der Waals surface area contributed by atoms with Gasteiger partial charge in [-0.25, -0.2) is 4.79 Å². The summed E-state index contributed by atoms with van der Waals surface area (Å²) in [4.78, 5) is 25.0. The number of esters is 2. The molecule has 0 bridgehead atoms. The lowest BCUT2D eigenvalue weighted by molar-refractivity contribution is -0.157.